The lowest BCUT2D eigenvalue weighted by Crippen LogP contribution is -2.50. The van der Waals surface area contributed by atoms with Crippen molar-refractivity contribution < 1.29 is 18.0 Å². The van der Waals surface area contributed by atoms with Crippen LogP contribution in [0.3, 0.4) is 0 Å². The van der Waals surface area contributed by atoms with Crippen molar-refractivity contribution in [3.05, 3.63) is 23.9 Å². The standard InChI is InChI=1S/C18H26F3N3O/c1-3-5-7-14(4-2)17(25)24-12-10-23(11-13-24)16-9-6-8-15(22-16)18(19,20)21/h6,8-9,14H,3-5,7,10-13H2,1-2H3/t14-/m1/s1. The summed E-state index contributed by atoms with van der Waals surface area (Å²) in [7, 11) is 0. The van der Waals surface area contributed by atoms with E-state index in [9.17, 15) is 18.0 Å². The summed E-state index contributed by atoms with van der Waals surface area (Å²) < 4.78 is 38.4. The summed E-state index contributed by atoms with van der Waals surface area (Å²) in [6.45, 7) is 6.20. The lowest BCUT2D eigenvalue weighted by atomic mass is 9.97. The molecule has 1 aromatic heterocycles. The highest BCUT2D eigenvalue weighted by molar-refractivity contribution is 5.79. The highest BCUT2D eigenvalue weighted by Gasteiger charge is 2.33. The summed E-state index contributed by atoms with van der Waals surface area (Å²) in [4.78, 5) is 20.0. The predicted octanol–water partition coefficient (Wildman–Crippen LogP) is 3.97. The normalized spacial score (nSPS) is 16.8. The second-order valence-corrected chi connectivity index (χ2v) is 6.44. The van der Waals surface area contributed by atoms with Gasteiger partial charge in [-0.05, 0) is 25.0 Å². The van der Waals surface area contributed by atoms with Gasteiger partial charge in [0, 0.05) is 32.1 Å². The Hall–Kier alpha value is -1.79. The summed E-state index contributed by atoms with van der Waals surface area (Å²) in [6.07, 6.45) is -0.603. The number of amides is 1. The summed E-state index contributed by atoms with van der Waals surface area (Å²) >= 11 is 0. The molecule has 0 unspecified atom stereocenters. The minimum absolute atomic E-state index is 0.0539. The van der Waals surface area contributed by atoms with Gasteiger partial charge in [-0.15, -0.1) is 0 Å². The molecule has 140 valence electrons. The molecule has 2 rings (SSSR count). The molecule has 0 spiro atoms. The van der Waals surface area contributed by atoms with Crippen LogP contribution in [0.15, 0.2) is 18.2 Å². The fourth-order valence-electron chi connectivity index (χ4n) is 3.12. The molecule has 1 atom stereocenters. The van der Waals surface area contributed by atoms with Gasteiger partial charge in [-0.1, -0.05) is 32.8 Å². The van der Waals surface area contributed by atoms with E-state index in [1.165, 1.54) is 6.07 Å². The molecular weight excluding hydrogens is 331 g/mol. The fourth-order valence-corrected chi connectivity index (χ4v) is 3.12. The zero-order valence-electron chi connectivity index (χ0n) is 14.9. The van der Waals surface area contributed by atoms with E-state index in [-0.39, 0.29) is 11.8 Å². The molecule has 0 N–H and O–H groups in total. The molecule has 1 saturated heterocycles. The fraction of sp³-hybridized carbons (Fsp3) is 0.667. The number of carbonyl (C=O) groups is 1. The number of rotatable bonds is 6. The van der Waals surface area contributed by atoms with Crippen LogP contribution in [0.2, 0.25) is 0 Å². The molecule has 0 radical (unpaired) electrons. The molecule has 0 saturated carbocycles. The van der Waals surface area contributed by atoms with Crippen LogP contribution in [0.1, 0.15) is 45.2 Å². The lowest BCUT2D eigenvalue weighted by molar-refractivity contribution is -0.141. The topological polar surface area (TPSA) is 36.4 Å². The van der Waals surface area contributed by atoms with E-state index in [2.05, 4.69) is 11.9 Å². The molecule has 0 aromatic carbocycles. The zero-order valence-corrected chi connectivity index (χ0v) is 14.9. The number of halogens is 3. The van der Waals surface area contributed by atoms with Crippen LogP contribution in [0.4, 0.5) is 19.0 Å². The van der Waals surface area contributed by atoms with E-state index in [0.717, 1.165) is 31.7 Å². The number of nitrogens with zero attached hydrogens (tertiary/aromatic N) is 3. The van der Waals surface area contributed by atoms with Crippen molar-refractivity contribution in [3.63, 3.8) is 0 Å². The highest BCUT2D eigenvalue weighted by Crippen LogP contribution is 2.29. The third-order valence-corrected chi connectivity index (χ3v) is 4.69. The summed E-state index contributed by atoms with van der Waals surface area (Å²) in [6, 6.07) is 3.94. The van der Waals surface area contributed by atoms with E-state index in [1.54, 1.807) is 6.07 Å². The third-order valence-electron chi connectivity index (χ3n) is 4.69. The molecule has 2 heterocycles. The number of hydrogen-bond donors (Lipinski definition) is 0. The molecule has 4 nitrogen and oxygen atoms in total. The highest BCUT2D eigenvalue weighted by atomic mass is 19.4. The van der Waals surface area contributed by atoms with Gasteiger partial charge in [-0.25, -0.2) is 4.98 Å². The summed E-state index contributed by atoms with van der Waals surface area (Å²) in [5.41, 5.74) is -0.880. The SMILES string of the molecule is CCCC[C@@H](CC)C(=O)N1CCN(c2cccc(C(F)(F)F)n2)CC1. The number of hydrogen-bond acceptors (Lipinski definition) is 3. The number of carbonyl (C=O) groups excluding carboxylic acids is 1. The minimum atomic E-state index is -4.44. The number of unbranched alkanes of at least 4 members (excludes halogenated alkanes) is 1. The Morgan fingerprint density at radius 3 is 2.44 bits per heavy atom. The van der Waals surface area contributed by atoms with Crippen LogP contribution >= 0.6 is 0 Å². The first-order valence-electron chi connectivity index (χ1n) is 8.94. The van der Waals surface area contributed by atoms with E-state index in [1.807, 2.05) is 16.7 Å². The van der Waals surface area contributed by atoms with Gasteiger partial charge in [-0.3, -0.25) is 4.79 Å². The van der Waals surface area contributed by atoms with Crippen LogP contribution in [-0.2, 0) is 11.0 Å². The Morgan fingerprint density at radius 2 is 1.88 bits per heavy atom. The van der Waals surface area contributed by atoms with E-state index in [0.29, 0.717) is 32.0 Å². The van der Waals surface area contributed by atoms with Gasteiger partial charge < -0.3 is 9.80 Å². The molecule has 1 fully saturated rings. The summed E-state index contributed by atoms with van der Waals surface area (Å²) in [5, 5.41) is 0. The number of anilines is 1. The van der Waals surface area contributed by atoms with E-state index in [4.69, 9.17) is 0 Å². The molecular formula is C18H26F3N3O. The lowest BCUT2D eigenvalue weighted by Gasteiger charge is -2.37. The predicted molar refractivity (Wildman–Crippen MR) is 91.3 cm³/mol. The van der Waals surface area contributed by atoms with Gasteiger partial charge in [0.15, 0.2) is 0 Å². The van der Waals surface area contributed by atoms with Crippen molar-refractivity contribution in [1.29, 1.82) is 0 Å². The van der Waals surface area contributed by atoms with Gasteiger partial charge in [0.1, 0.15) is 11.5 Å². The van der Waals surface area contributed by atoms with Gasteiger partial charge in [0.2, 0.25) is 5.91 Å². The molecule has 1 aliphatic rings. The Morgan fingerprint density at radius 1 is 1.20 bits per heavy atom. The number of alkyl halides is 3. The van der Waals surface area contributed by atoms with Gasteiger partial charge >= 0.3 is 6.18 Å². The quantitative estimate of drug-likeness (QED) is 0.773. The molecule has 0 aliphatic carbocycles. The average molecular weight is 357 g/mol. The van der Waals surface area contributed by atoms with Crippen molar-refractivity contribution in [2.24, 2.45) is 5.92 Å². The minimum Gasteiger partial charge on any atom is -0.353 e. The largest absolute Gasteiger partial charge is 0.433 e. The Labute approximate surface area is 147 Å². The van der Waals surface area contributed by atoms with Gasteiger partial charge in [0.25, 0.3) is 0 Å². The average Bonchev–Trinajstić information content (AvgIpc) is 2.61. The number of aromatic nitrogens is 1. The molecule has 1 amide bonds. The van der Waals surface area contributed by atoms with E-state index < -0.39 is 11.9 Å². The van der Waals surface area contributed by atoms with Crippen LogP contribution in [0.5, 0.6) is 0 Å². The van der Waals surface area contributed by atoms with Crippen molar-refractivity contribution in [3.8, 4) is 0 Å². The molecule has 0 bridgehead atoms. The van der Waals surface area contributed by atoms with Gasteiger partial charge in [-0.2, -0.15) is 13.2 Å². The first-order valence-corrected chi connectivity index (χ1v) is 8.94. The maximum Gasteiger partial charge on any atom is 0.433 e. The second kappa shape index (κ2) is 8.54. The first-order chi connectivity index (χ1) is 11.9. The number of pyridine rings is 1. The zero-order chi connectivity index (χ0) is 18.4. The van der Waals surface area contributed by atoms with Crippen molar-refractivity contribution in [1.82, 2.24) is 9.88 Å². The van der Waals surface area contributed by atoms with Crippen LogP contribution in [0.25, 0.3) is 0 Å². The molecule has 7 heteroatoms. The van der Waals surface area contributed by atoms with Crippen LogP contribution in [0, 0.1) is 5.92 Å². The molecule has 1 aliphatic heterocycles. The van der Waals surface area contributed by atoms with E-state index >= 15 is 0 Å². The smallest absolute Gasteiger partial charge is 0.353 e. The Bertz CT molecular complexity index is 569. The van der Waals surface area contributed by atoms with Crippen molar-refractivity contribution in [2.45, 2.75) is 45.7 Å². The van der Waals surface area contributed by atoms with Crippen molar-refractivity contribution in [2.75, 3.05) is 31.1 Å². The Balaban J connectivity index is 1.96. The van der Waals surface area contributed by atoms with Crippen LogP contribution in [-0.4, -0.2) is 42.0 Å². The van der Waals surface area contributed by atoms with Gasteiger partial charge in [0.05, 0.1) is 0 Å². The second-order valence-electron chi connectivity index (χ2n) is 6.44. The maximum atomic E-state index is 12.8. The Kier molecular flexibility index (Phi) is 6.67. The van der Waals surface area contributed by atoms with Crippen LogP contribution < -0.4 is 4.90 Å². The summed E-state index contributed by atoms with van der Waals surface area (Å²) in [5.74, 6) is 0.547. The maximum absolute atomic E-state index is 12.8. The first kappa shape index (κ1) is 19.5. The van der Waals surface area contributed by atoms with Crippen molar-refractivity contribution >= 4 is 11.7 Å². The molecule has 25 heavy (non-hydrogen) atoms. The molecule has 1 aromatic rings. The monoisotopic (exact) mass is 357 g/mol. The number of piperazine rings is 1. The third kappa shape index (κ3) is 5.09.